The highest BCUT2D eigenvalue weighted by atomic mass is 19.4. The van der Waals surface area contributed by atoms with Crippen LogP contribution in [0.15, 0.2) is 24.3 Å². The minimum atomic E-state index is -4.43. The number of likely N-dealkylation sites (tertiary alicyclic amines) is 1. The Morgan fingerprint density at radius 1 is 1.19 bits per heavy atom. The van der Waals surface area contributed by atoms with Crippen LogP contribution in [0.1, 0.15) is 44.7 Å². The van der Waals surface area contributed by atoms with Gasteiger partial charge in [-0.05, 0) is 39.0 Å². The van der Waals surface area contributed by atoms with Gasteiger partial charge in [0.15, 0.2) is 0 Å². The van der Waals surface area contributed by atoms with Crippen molar-refractivity contribution in [2.75, 3.05) is 13.1 Å². The van der Waals surface area contributed by atoms with Crippen LogP contribution in [0, 0.1) is 0 Å². The number of hydrogen-bond donors (Lipinski definition) is 0. The van der Waals surface area contributed by atoms with Crippen LogP contribution in [0.3, 0.4) is 0 Å². The van der Waals surface area contributed by atoms with Gasteiger partial charge in [-0.15, -0.1) is 0 Å². The molecule has 0 aliphatic carbocycles. The Labute approximate surface area is 150 Å². The first-order valence-electron chi connectivity index (χ1n) is 8.56. The first-order chi connectivity index (χ1) is 12.0. The fourth-order valence-corrected chi connectivity index (χ4v) is 3.20. The summed E-state index contributed by atoms with van der Waals surface area (Å²) in [7, 11) is 0. The topological polar surface area (TPSA) is 38.8 Å². The second-order valence-corrected chi connectivity index (χ2v) is 7.68. The lowest BCUT2D eigenvalue weighted by atomic mass is 9.87. The molecule has 3 rings (SSSR count). The summed E-state index contributed by atoms with van der Waals surface area (Å²) < 4.78 is 50.7. The summed E-state index contributed by atoms with van der Waals surface area (Å²) in [5.41, 5.74) is -1.90. The Kier molecular flexibility index (Phi) is 4.45. The zero-order chi connectivity index (χ0) is 19.2. The van der Waals surface area contributed by atoms with E-state index in [1.165, 1.54) is 12.1 Å². The number of halogens is 3. The lowest BCUT2D eigenvalue weighted by Crippen LogP contribution is -2.50. The van der Waals surface area contributed by atoms with Gasteiger partial charge in [-0.2, -0.15) is 13.2 Å². The second kappa shape index (κ2) is 6.21. The number of nitrogens with zero attached hydrogens (tertiary/aromatic N) is 1. The Hall–Kier alpha value is -2.18. The predicted molar refractivity (Wildman–Crippen MR) is 90.9 cm³/mol. The summed E-state index contributed by atoms with van der Waals surface area (Å²) in [5, 5.41) is 0. The fraction of sp³-hybridized carbons (Fsp3) is 0.526. The zero-order valence-corrected chi connectivity index (χ0v) is 15.0. The fourth-order valence-electron chi connectivity index (χ4n) is 3.20. The summed E-state index contributed by atoms with van der Waals surface area (Å²) in [5.74, 6) is 0.230. The number of ether oxygens (including phenoxy) is 2. The van der Waals surface area contributed by atoms with Crippen molar-refractivity contribution >= 4 is 12.2 Å². The molecule has 1 saturated heterocycles. The molecule has 0 radical (unpaired) electrons. The van der Waals surface area contributed by atoms with Gasteiger partial charge in [-0.25, -0.2) is 4.79 Å². The third kappa shape index (κ3) is 3.81. The van der Waals surface area contributed by atoms with Gasteiger partial charge < -0.3 is 14.4 Å². The van der Waals surface area contributed by atoms with Crippen LogP contribution in [0.2, 0.25) is 0 Å². The van der Waals surface area contributed by atoms with E-state index in [1.54, 1.807) is 37.8 Å². The van der Waals surface area contributed by atoms with E-state index in [0.29, 0.717) is 25.9 Å². The molecule has 1 fully saturated rings. The van der Waals surface area contributed by atoms with E-state index in [-0.39, 0.29) is 17.4 Å². The Balaban J connectivity index is 1.73. The number of carbonyl (C=O) groups excluding carboxylic acids is 1. The van der Waals surface area contributed by atoms with Gasteiger partial charge in [0, 0.05) is 31.5 Å². The van der Waals surface area contributed by atoms with Crippen LogP contribution >= 0.6 is 0 Å². The molecule has 0 aromatic heterocycles. The summed E-state index contributed by atoms with van der Waals surface area (Å²) >= 11 is 0. The van der Waals surface area contributed by atoms with Crippen molar-refractivity contribution in [1.29, 1.82) is 0 Å². The van der Waals surface area contributed by atoms with E-state index in [4.69, 9.17) is 9.47 Å². The molecule has 1 amide bonds. The molecule has 0 atom stereocenters. The van der Waals surface area contributed by atoms with Crippen LogP contribution < -0.4 is 4.74 Å². The van der Waals surface area contributed by atoms with Gasteiger partial charge in [-0.1, -0.05) is 12.1 Å². The van der Waals surface area contributed by atoms with Crippen molar-refractivity contribution in [2.24, 2.45) is 0 Å². The molecule has 1 spiro atoms. The van der Waals surface area contributed by atoms with Crippen LogP contribution in [0.25, 0.3) is 6.08 Å². The minimum absolute atomic E-state index is 0.0557. The lowest BCUT2D eigenvalue weighted by Gasteiger charge is -2.42. The molecule has 142 valence electrons. The average molecular weight is 369 g/mol. The average Bonchev–Trinajstić information content (AvgIpc) is 2.52. The maximum atomic E-state index is 13.1. The van der Waals surface area contributed by atoms with E-state index in [1.807, 2.05) is 0 Å². The molecule has 2 aliphatic rings. The SMILES string of the molecule is CC(C)(C)OC(=O)N1CCC2(C=Cc3c(cccc3C(F)(F)F)O2)CC1. The standard InChI is InChI=1S/C19H22F3NO3/c1-17(2,3)26-16(24)23-11-9-18(10-12-23)8-7-13-14(19(20,21)22)5-4-6-15(13)25-18/h4-8H,9-12H2,1-3H3. The van der Waals surface area contributed by atoms with Crippen LogP contribution in [-0.2, 0) is 10.9 Å². The molecule has 4 nitrogen and oxygen atoms in total. The molecule has 0 unspecified atom stereocenters. The molecule has 26 heavy (non-hydrogen) atoms. The molecular weight excluding hydrogens is 347 g/mol. The minimum Gasteiger partial charge on any atom is -0.482 e. The summed E-state index contributed by atoms with van der Waals surface area (Å²) in [6, 6.07) is 3.95. The van der Waals surface area contributed by atoms with Crippen molar-refractivity contribution in [3.05, 3.63) is 35.4 Å². The number of rotatable bonds is 0. The predicted octanol–water partition coefficient (Wildman–Crippen LogP) is 4.88. The molecule has 1 aromatic carbocycles. The number of carbonyl (C=O) groups is 1. The number of amides is 1. The number of benzene rings is 1. The van der Waals surface area contributed by atoms with Crippen molar-refractivity contribution < 1.29 is 27.4 Å². The van der Waals surface area contributed by atoms with Crippen LogP contribution in [0.5, 0.6) is 5.75 Å². The van der Waals surface area contributed by atoms with E-state index in [9.17, 15) is 18.0 Å². The van der Waals surface area contributed by atoms with Crippen molar-refractivity contribution in [2.45, 2.75) is 51.0 Å². The van der Waals surface area contributed by atoms with Crippen LogP contribution in [0.4, 0.5) is 18.0 Å². The van der Waals surface area contributed by atoms with E-state index in [2.05, 4.69) is 0 Å². The number of piperidine rings is 1. The molecule has 0 bridgehead atoms. The van der Waals surface area contributed by atoms with E-state index < -0.39 is 22.9 Å². The quantitative estimate of drug-likeness (QED) is 0.654. The Morgan fingerprint density at radius 3 is 2.42 bits per heavy atom. The summed E-state index contributed by atoms with van der Waals surface area (Å²) in [6.45, 7) is 6.26. The number of hydrogen-bond acceptors (Lipinski definition) is 3. The van der Waals surface area contributed by atoms with E-state index >= 15 is 0 Å². The maximum absolute atomic E-state index is 13.1. The van der Waals surface area contributed by atoms with Crippen molar-refractivity contribution in [1.82, 2.24) is 4.90 Å². The van der Waals surface area contributed by atoms with Gasteiger partial charge >= 0.3 is 12.3 Å². The van der Waals surface area contributed by atoms with Gasteiger partial charge in [0.1, 0.15) is 17.0 Å². The number of alkyl halides is 3. The zero-order valence-electron chi connectivity index (χ0n) is 15.0. The molecule has 0 saturated carbocycles. The first kappa shape index (κ1) is 18.6. The maximum Gasteiger partial charge on any atom is 0.417 e. The Bertz CT molecular complexity index is 727. The first-order valence-corrected chi connectivity index (χ1v) is 8.56. The molecule has 2 aliphatic heterocycles. The van der Waals surface area contributed by atoms with Gasteiger partial charge in [0.05, 0.1) is 5.56 Å². The molecule has 0 N–H and O–H groups in total. The smallest absolute Gasteiger partial charge is 0.417 e. The lowest BCUT2D eigenvalue weighted by molar-refractivity contribution is -0.138. The van der Waals surface area contributed by atoms with Crippen molar-refractivity contribution in [3.8, 4) is 5.75 Å². The third-order valence-corrected chi connectivity index (χ3v) is 4.50. The Morgan fingerprint density at radius 2 is 1.85 bits per heavy atom. The normalized spacial score (nSPS) is 19.1. The highest BCUT2D eigenvalue weighted by Gasteiger charge is 2.41. The molecular formula is C19H22F3NO3. The van der Waals surface area contributed by atoms with Crippen molar-refractivity contribution in [3.63, 3.8) is 0 Å². The van der Waals surface area contributed by atoms with Gasteiger partial charge in [-0.3, -0.25) is 0 Å². The highest BCUT2D eigenvalue weighted by Crippen LogP contribution is 2.42. The summed E-state index contributed by atoms with van der Waals surface area (Å²) in [6.07, 6.45) is -0.630. The third-order valence-electron chi connectivity index (χ3n) is 4.50. The number of fused-ring (bicyclic) bond motifs is 1. The largest absolute Gasteiger partial charge is 0.482 e. The van der Waals surface area contributed by atoms with Crippen LogP contribution in [-0.4, -0.2) is 35.3 Å². The molecule has 2 heterocycles. The molecule has 1 aromatic rings. The van der Waals surface area contributed by atoms with E-state index in [0.717, 1.165) is 6.07 Å². The highest BCUT2D eigenvalue weighted by molar-refractivity contribution is 5.69. The van der Waals surface area contributed by atoms with Gasteiger partial charge in [0.25, 0.3) is 0 Å². The molecule has 7 heteroatoms. The monoisotopic (exact) mass is 369 g/mol. The summed E-state index contributed by atoms with van der Waals surface area (Å²) in [4.78, 5) is 13.8. The second-order valence-electron chi connectivity index (χ2n) is 7.68. The van der Waals surface area contributed by atoms with Gasteiger partial charge in [0.2, 0.25) is 0 Å².